The predicted octanol–water partition coefficient (Wildman–Crippen LogP) is 3.88. The van der Waals surface area contributed by atoms with E-state index in [1.54, 1.807) is 23.5 Å². The number of rotatable bonds is 9. The van der Waals surface area contributed by atoms with Gasteiger partial charge in [0.05, 0.1) is 6.04 Å². The summed E-state index contributed by atoms with van der Waals surface area (Å²) in [4.78, 5) is 25.5. The highest BCUT2D eigenvalue weighted by Gasteiger charge is 2.19. The minimum atomic E-state index is -0.326. The molecule has 9 heteroatoms. The van der Waals surface area contributed by atoms with Crippen molar-refractivity contribution in [3.8, 4) is 0 Å². The van der Waals surface area contributed by atoms with E-state index in [4.69, 9.17) is 4.74 Å². The lowest BCUT2D eigenvalue weighted by atomic mass is 10.0. The van der Waals surface area contributed by atoms with Crippen LogP contribution in [-0.4, -0.2) is 28.6 Å². The van der Waals surface area contributed by atoms with Crippen LogP contribution in [0.15, 0.2) is 47.8 Å². The second-order valence-corrected chi connectivity index (χ2v) is 8.66. The van der Waals surface area contributed by atoms with Crippen LogP contribution in [0.4, 0.5) is 5.69 Å². The lowest BCUT2D eigenvalue weighted by molar-refractivity contribution is -0.127. The van der Waals surface area contributed by atoms with Crippen molar-refractivity contribution in [2.75, 3.05) is 11.9 Å². The maximum Gasteiger partial charge on any atom is 0.286 e. The van der Waals surface area contributed by atoms with E-state index < -0.39 is 0 Å². The van der Waals surface area contributed by atoms with E-state index in [0.29, 0.717) is 10.7 Å². The van der Waals surface area contributed by atoms with Crippen molar-refractivity contribution in [1.82, 2.24) is 15.5 Å². The van der Waals surface area contributed by atoms with Gasteiger partial charge >= 0.3 is 0 Å². The van der Waals surface area contributed by atoms with Gasteiger partial charge < -0.3 is 15.4 Å². The van der Waals surface area contributed by atoms with Crippen LogP contribution in [0.25, 0.3) is 0 Å². The van der Waals surface area contributed by atoms with Crippen molar-refractivity contribution in [3.63, 3.8) is 0 Å². The molecule has 0 aliphatic heterocycles. The number of benzene rings is 1. The number of carbonyl (C=O) groups excluding carboxylic acids is 2. The molecule has 1 atom stereocenters. The van der Waals surface area contributed by atoms with Crippen molar-refractivity contribution in [2.45, 2.75) is 26.5 Å². The molecule has 29 heavy (non-hydrogen) atoms. The molecule has 0 aliphatic carbocycles. The van der Waals surface area contributed by atoms with E-state index in [1.165, 1.54) is 0 Å². The number of para-hydroxylation sites is 1. The summed E-state index contributed by atoms with van der Waals surface area (Å²) in [5.74, 6) is -0.247. The Labute approximate surface area is 177 Å². The maximum atomic E-state index is 12.2. The largest absolute Gasteiger partial charge is 0.364 e. The number of anilines is 1. The van der Waals surface area contributed by atoms with Gasteiger partial charge in [-0.15, -0.1) is 21.5 Å². The Morgan fingerprint density at radius 3 is 2.59 bits per heavy atom. The summed E-state index contributed by atoms with van der Waals surface area (Å²) < 4.78 is 5.46. The summed E-state index contributed by atoms with van der Waals surface area (Å²) in [5, 5.41) is 16.4. The lowest BCUT2D eigenvalue weighted by Gasteiger charge is -2.21. The van der Waals surface area contributed by atoms with Crippen LogP contribution in [-0.2, 0) is 16.1 Å². The molecule has 152 valence electrons. The molecular weight excluding hydrogens is 408 g/mol. The van der Waals surface area contributed by atoms with Crippen LogP contribution >= 0.6 is 22.7 Å². The van der Waals surface area contributed by atoms with Gasteiger partial charge in [0.15, 0.2) is 0 Å². The standard InChI is InChI=1S/C20H22N4O3S2/c1-13(2)18(15-9-6-10-28-15)22-16(25)11-27-12-17-23-24-20(29-17)19(26)21-14-7-4-3-5-8-14/h3-10,13,18H,11-12H2,1-2H3,(H,21,26)(H,22,25)/t18-/m0/s1. The van der Waals surface area contributed by atoms with E-state index in [9.17, 15) is 9.59 Å². The summed E-state index contributed by atoms with van der Waals surface area (Å²) in [5.41, 5.74) is 0.688. The molecule has 0 radical (unpaired) electrons. The quantitative estimate of drug-likeness (QED) is 0.537. The van der Waals surface area contributed by atoms with Gasteiger partial charge in [-0.3, -0.25) is 9.59 Å². The fourth-order valence-corrected chi connectivity index (χ4v) is 4.21. The molecule has 0 saturated carbocycles. The summed E-state index contributed by atoms with van der Waals surface area (Å²) in [6, 6.07) is 13.1. The first-order valence-corrected chi connectivity index (χ1v) is 10.8. The van der Waals surface area contributed by atoms with Gasteiger partial charge in [-0.25, -0.2) is 0 Å². The molecule has 0 spiro atoms. The topological polar surface area (TPSA) is 93.2 Å². The van der Waals surface area contributed by atoms with Crippen molar-refractivity contribution in [3.05, 3.63) is 62.7 Å². The summed E-state index contributed by atoms with van der Waals surface area (Å²) in [6.07, 6.45) is 0. The number of amides is 2. The molecule has 2 N–H and O–H groups in total. The van der Waals surface area contributed by atoms with Gasteiger partial charge in [0.25, 0.3) is 5.91 Å². The van der Waals surface area contributed by atoms with Gasteiger partial charge in [-0.2, -0.15) is 0 Å². The number of nitrogens with one attached hydrogen (secondary N) is 2. The fraction of sp³-hybridized carbons (Fsp3) is 0.300. The highest BCUT2D eigenvalue weighted by atomic mass is 32.1. The van der Waals surface area contributed by atoms with Gasteiger partial charge in [-0.05, 0) is 29.5 Å². The smallest absolute Gasteiger partial charge is 0.286 e. The predicted molar refractivity (Wildman–Crippen MR) is 114 cm³/mol. The average molecular weight is 431 g/mol. The third kappa shape index (κ3) is 6.18. The normalized spacial score (nSPS) is 12.0. The van der Waals surface area contributed by atoms with Crippen molar-refractivity contribution >= 4 is 40.2 Å². The Kier molecular flexibility index (Phi) is 7.45. The SMILES string of the molecule is CC(C)[C@H](NC(=O)COCc1nnc(C(=O)Nc2ccccc2)s1)c1cccs1. The molecule has 0 bridgehead atoms. The Morgan fingerprint density at radius 1 is 1.10 bits per heavy atom. The van der Waals surface area contributed by atoms with Crippen LogP contribution in [0.3, 0.4) is 0 Å². The number of aromatic nitrogens is 2. The number of thiophene rings is 1. The van der Waals surface area contributed by atoms with Crippen molar-refractivity contribution in [1.29, 1.82) is 0 Å². The highest BCUT2D eigenvalue weighted by molar-refractivity contribution is 7.13. The minimum Gasteiger partial charge on any atom is -0.364 e. The Bertz CT molecular complexity index is 926. The summed E-state index contributed by atoms with van der Waals surface area (Å²) in [6.45, 7) is 4.17. The zero-order chi connectivity index (χ0) is 20.6. The van der Waals surface area contributed by atoms with Crippen molar-refractivity contribution in [2.24, 2.45) is 5.92 Å². The van der Waals surface area contributed by atoms with Crippen LogP contribution in [0.2, 0.25) is 0 Å². The molecule has 0 aliphatic rings. The number of nitrogens with zero attached hydrogens (tertiary/aromatic N) is 2. The zero-order valence-electron chi connectivity index (χ0n) is 16.1. The molecule has 1 aromatic carbocycles. The Balaban J connectivity index is 1.46. The minimum absolute atomic E-state index is 0.0408. The second kappa shape index (κ2) is 10.2. The zero-order valence-corrected chi connectivity index (χ0v) is 17.8. The third-order valence-electron chi connectivity index (χ3n) is 3.98. The van der Waals surface area contributed by atoms with Gasteiger partial charge in [-0.1, -0.05) is 49.4 Å². The van der Waals surface area contributed by atoms with Gasteiger partial charge in [0, 0.05) is 10.6 Å². The van der Waals surface area contributed by atoms with Crippen LogP contribution in [0.5, 0.6) is 0 Å². The second-order valence-electron chi connectivity index (χ2n) is 6.62. The third-order valence-corrected chi connectivity index (χ3v) is 5.84. The van der Waals surface area contributed by atoms with Crippen LogP contribution in [0.1, 0.15) is 39.6 Å². The molecule has 3 aromatic rings. The van der Waals surface area contributed by atoms with Crippen LogP contribution in [0, 0.1) is 5.92 Å². The summed E-state index contributed by atoms with van der Waals surface area (Å²) >= 11 is 2.76. The molecular formula is C20H22N4O3S2. The molecule has 0 unspecified atom stereocenters. The maximum absolute atomic E-state index is 12.2. The first-order valence-electron chi connectivity index (χ1n) is 9.12. The van der Waals surface area contributed by atoms with E-state index in [-0.39, 0.29) is 42.0 Å². The monoisotopic (exact) mass is 430 g/mol. The molecule has 3 rings (SSSR count). The highest BCUT2D eigenvalue weighted by Crippen LogP contribution is 2.25. The molecule has 2 amide bonds. The first kappa shape index (κ1) is 21.1. The van der Waals surface area contributed by atoms with E-state index in [0.717, 1.165) is 16.2 Å². The number of ether oxygens (including phenoxy) is 1. The molecule has 0 fully saturated rings. The average Bonchev–Trinajstić information content (AvgIpc) is 3.39. The molecule has 2 aromatic heterocycles. The fourth-order valence-electron chi connectivity index (χ4n) is 2.59. The lowest BCUT2D eigenvalue weighted by Crippen LogP contribution is -2.33. The van der Waals surface area contributed by atoms with Gasteiger partial charge in [0.2, 0.25) is 10.9 Å². The van der Waals surface area contributed by atoms with Gasteiger partial charge in [0.1, 0.15) is 18.2 Å². The number of hydrogen-bond donors (Lipinski definition) is 2. The Hall–Kier alpha value is -2.62. The molecule has 7 nitrogen and oxygen atoms in total. The van der Waals surface area contributed by atoms with E-state index >= 15 is 0 Å². The summed E-state index contributed by atoms with van der Waals surface area (Å²) in [7, 11) is 0. The van der Waals surface area contributed by atoms with Crippen molar-refractivity contribution < 1.29 is 14.3 Å². The van der Waals surface area contributed by atoms with Crippen LogP contribution < -0.4 is 10.6 Å². The van der Waals surface area contributed by atoms with E-state index in [2.05, 4.69) is 34.7 Å². The number of carbonyl (C=O) groups is 2. The molecule has 2 heterocycles. The van der Waals surface area contributed by atoms with E-state index in [1.807, 2.05) is 35.7 Å². The molecule has 0 saturated heterocycles. The number of hydrogen-bond acceptors (Lipinski definition) is 7. The Morgan fingerprint density at radius 2 is 1.90 bits per heavy atom. The first-order chi connectivity index (χ1) is 14.0.